The molecule has 0 aliphatic heterocycles. The Kier molecular flexibility index (Phi) is 7.77. The van der Waals surface area contributed by atoms with Gasteiger partial charge in [0, 0.05) is 22.9 Å². The van der Waals surface area contributed by atoms with Crippen molar-refractivity contribution in [2.24, 2.45) is 4.99 Å². The summed E-state index contributed by atoms with van der Waals surface area (Å²) in [5.41, 5.74) is 4.99. The lowest BCUT2D eigenvalue weighted by Crippen LogP contribution is -2.26. The van der Waals surface area contributed by atoms with Crippen molar-refractivity contribution in [3.8, 4) is 0 Å². The van der Waals surface area contributed by atoms with Crippen molar-refractivity contribution >= 4 is 27.6 Å². The topological polar surface area (TPSA) is 38.7 Å². The Hall–Kier alpha value is -2.72. The fourth-order valence-corrected chi connectivity index (χ4v) is 3.45. The molecule has 0 unspecified atom stereocenters. The first kappa shape index (κ1) is 21.0. The van der Waals surface area contributed by atoms with E-state index in [1.54, 1.807) is 0 Å². The lowest BCUT2D eigenvalue weighted by atomic mass is 10.0. The third kappa shape index (κ3) is 5.88. The summed E-state index contributed by atoms with van der Waals surface area (Å²) < 4.78 is 5.34. The van der Waals surface area contributed by atoms with Gasteiger partial charge in [0.25, 0.3) is 0 Å². The molecule has 3 nitrogen and oxygen atoms in total. The molecule has 0 aliphatic rings. The number of carbonyl (C=O) groups excluding carboxylic acids is 1. The van der Waals surface area contributed by atoms with E-state index in [1.807, 2.05) is 79.7 Å². The first-order valence-corrected chi connectivity index (χ1v) is 10.8. The van der Waals surface area contributed by atoms with Gasteiger partial charge in [-0.1, -0.05) is 101 Å². The summed E-state index contributed by atoms with van der Waals surface area (Å²) in [5, 5.41) is 0.804. The van der Waals surface area contributed by atoms with Gasteiger partial charge in [-0.25, -0.2) is 4.79 Å². The lowest BCUT2D eigenvalue weighted by Gasteiger charge is -2.15. The average molecular weight is 450 g/mol. The van der Waals surface area contributed by atoms with E-state index in [0.29, 0.717) is 13.0 Å². The van der Waals surface area contributed by atoms with Crippen LogP contribution in [0, 0.1) is 0 Å². The maximum absolute atomic E-state index is 12.7. The monoisotopic (exact) mass is 449 g/mol. The van der Waals surface area contributed by atoms with Crippen molar-refractivity contribution in [3.05, 3.63) is 107 Å². The second-order valence-electron chi connectivity index (χ2n) is 6.63. The van der Waals surface area contributed by atoms with Crippen molar-refractivity contribution in [3.63, 3.8) is 0 Å². The van der Waals surface area contributed by atoms with E-state index in [-0.39, 0.29) is 5.97 Å². The maximum atomic E-state index is 12.7. The number of ether oxygens (including phenoxy) is 1. The van der Waals surface area contributed by atoms with Crippen LogP contribution in [0.15, 0.2) is 89.9 Å². The van der Waals surface area contributed by atoms with Crippen molar-refractivity contribution in [1.82, 2.24) is 0 Å². The first-order chi connectivity index (χ1) is 14.2. The smallest absolute Gasteiger partial charge is 0.331 e. The number of benzene rings is 3. The summed E-state index contributed by atoms with van der Waals surface area (Å²) in [6, 6.07) is 27.5. The van der Waals surface area contributed by atoms with Crippen LogP contribution in [0.1, 0.15) is 29.2 Å². The van der Waals surface area contributed by atoms with Crippen LogP contribution in [0.25, 0.3) is 0 Å². The van der Waals surface area contributed by atoms with Crippen LogP contribution in [0.3, 0.4) is 0 Å². The first-order valence-electron chi connectivity index (χ1n) is 9.70. The zero-order chi connectivity index (χ0) is 20.5. The number of carbonyl (C=O) groups is 1. The van der Waals surface area contributed by atoms with E-state index in [4.69, 9.17) is 9.73 Å². The molecule has 3 aromatic rings. The molecular weight excluding hydrogens is 426 g/mol. The van der Waals surface area contributed by atoms with Gasteiger partial charge < -0.3 is 4.74 Å². The van der Waals surface area contributed by atoms with Crippen LogP contribution >= 0.6 is 15.9 Å². The van der Waals surface area contributed by atoms with Crippen molar-refractivity contribution in [1.29, 1.82) is 0 Å². The molecule has 0 N–H and O–H groups in total. The van der Waals surface area contributed by atoms with Gasteiger partial charge in [0.1, 0.15) is 0 Å². The summed E-state index contributed by atoms with van der Waals surface area (Å²) >= 11 is 3.47. The Morgan fingerprint density at radius 2 is 1.38 bits per heavy atom. The Morgan fingerprint density at radius 1 is 0.862 bits per heavy atom. The summed E-state index contributed by atoms with van der Waals surface area (Å²) in [6.45, 7) is 2.15. The average Bonchev–Trinajstić information content (AvgIpc) is 2.78. The minimum atomic E-state index is -0.611. The molecule has 1 atom stereocenters. The highest BCUT2D eigenvalue weighted by molar-refractivity contribution is 9.08. The number of hydrogen-bond donors (Lipinski definition) is 0. The Bertz CT molecular complexity index is 896. The summed E-state index contributed by atoms with van der Waals surface area (Å²) in [7, 11) is 0. The molecule has 0 radical (unpaired) electrons. The second-order valence-corrected chi connectivity index (χ2v) is 7.19. The van der Waals surface area contributed by atoms with Crippen LogP contribution in [0.4, 0.5) is 0 Å². The fraction of sp³-hybridized carbons (Fsp3) is 0.200. The van der Waals surface area contributed by atoms with E-state index in [0.717, 1.165) is 27.7 Å². The van der Waals surface area contributed by atoms with Crippen molar-refractivity contribution in [2.45, 2.75) is 24.7 Å². The minimum absolute atomic E-state index is 0.304. The molecule has 0 saturated heterocycles. The molecular formula is C25H24BrNO2. The third-order valence-corrected chi connectivity index (χ3v) is 5.19. The number of aliphatic imine (C=N–C) groups is 1. The predicted molar refractivity (Wildman–Crippen MR) is 122 cm³/mol. The van der Waals surface area contributed by atoms with Gasteiger partial charge in [-0.15, -0.1) is 0 Å². The third-order valence-electron chi connectivity index (χ3n) is 4.54. The predicted octanol–water partition coefficient (Wildman–Crippen LogP) is 5.59. The molecule has 29 heavy (non-hydrogen) atoms. The van der Waals surface area contributed by atoms with Gasteiger partial charge in [0.2, 0.25) is 0 Å². The van der Waals surface area contributed by atoms with Gasteiger partial charge in [-0.3, -0.25) is 4.99 Å². The van der Waals surface area contributed by atoms with Crippen LogP contribution < -0.4 is 0 Å². The standard InChI is InChI=1S/C25H24BrNO2/c1-2-29-25(28)23(17-19-13-15-20(18-26)16-14-19)27-24(21-9-5-3-6-10-21)22-11-7-4-8-12-22/h3-16,23H,2,17-18H2,1H3/t23-/m0/s1. The summed E-state index contributed by atoms with van der Waals surface area (Å²) in [4.78, 5) is 17.6. The van der Waals surface area contributed by atoms with E-state index in [2.05, 4.69) is 28.1 Å². The molecule has 4 heteroatoms. The van der Waals surface area contributed by atoms with E-state index in [9.17, 15) is 4.79 Å². The molecule has 0 heterocycles. The molecule has 0 saturated carbocycles. The summed E-state index contributed by atoms with van der Waals surface area (Å²) in [6.07, 6.45) is 0.491. The fourth-order valence-electron chi connectivity index (χ4n) is 3.07. The molecule has 3 rings (SSSR count). The van der Waals surface area contributed by atoms with Gasteiger partial charge in [0.15, 0.2) is 6.04 Å². The molecule has 0 fully saturated rings. The molecule has 0 aliphatic carbocycles. The van der Waals surface area contributed by atoms with E-state index in [1.165, 1.54) is 5.56 Å². The quantitative estimate of drug-likeness (QED) is 0.255. The maximum Gasteiger partial charge on any atom is 0.331 e. The molecule has 0 bridgehead atoms. The zero-order valence-electron chi connectivity index (χ0n) is 16.4. The number of hydrogen-bond acceptors (Lipinski definition) is 3. The highest BCUT2D eigenvalue weighted by Crippen LogP contribution is 2.16. The highest BCUT2D eigenvalue weighted by atomic mass is 79.9. The van der Waals surface area contributed by atoms with E-state index >= 15 is 0 Å². The molecule has 0 amide bonds. The van der Waals surface area contributed by atoms with Gasteiger partial charge in [0.05, 0.1) is 12.3 Å². The summed E-state index contributed by atoms with van der Waals surface area (Å²) in [5.74, 6) is -0.304. The van der Waals surface area contributed by atoms with Crippen LogP contribution in [-0.2, 0) is 21.3 Å². The lowest BCUT2D eigenvalue weighted by molar-refractivity contribution is -0.144. The van der Waals surface area contributed by atoms with Crippen molar-refractivity contribution in [2.75, 3.05) is 6.61 Å². The molecule has 148 valence electrons. The number of esters is 1. The number of halogens is 1. The van der Waals surface area contributed by atoms with Gasteiger partial charge in [-0.05, 0) is 18.1 Å². The van der Waals surface area contributed by atoms with Crippen LogP contribution in [0.2, 0.25) is 0 Å². The highest BCUT2D eigenvalue weighted by Gasteiger charge is 2.21. The van der Waals surface area contributed by atoms with Gasteiger partial charge in [-0.2, -0.15) is 0 Å². The Labute approximate surface area is 180 Å². The number of alkyl halides is 1. The molecule has 0 spiro atoms. The molecule has 0 aromatic heterocycles. The van der Waals surface area contributed by atoms with Crippen LogP contribution in [-0.4, -0.2) is 24.3 Å². The largest absolute Gasteiger partial charge is 0.464 e. The number of rotatable bonds is 8. The normalized spacial score (nSPS) is 11.5. The Morgan fingerprint density at radius 3 is 1.86 bits per heavy atom. The Balaban J connectivity index is 2.00. The minimum Gasteiger partial charge on any atom is -0.464 e. The molecule has 3 aromatic carbocycles. The number of nitrogens with zero attached hydrogens (tertiary/aromatic N) is 1. The SMILES string of the molecule is CCOC(=O)[C@H](Cc1ccc(CBr)cc1)N=C(c1ccccc1)c1ccccc1. The van der Waals surface area contributed by atoms with E-state index < -0.39 is 6.04 Å². The second kappa shape index (κ2) is 10.7. The van der Waals surface area contributed by atoms with Gasteiger partial charge >= 0.3 is 5.97 Å². The van der Waals surface area contributed by atoms with Crippen molar-refractivity contribution < 1.29 is 9.53 Å². The zero-order valence-corrected chi connectivity index (χ0v) is 18.0. The van der Waals surface area contributed by atoms with Crippen LogP contribution in [0.5, 0.6) is 0 Å².